The maximum absolute atomic E-state index is 5.87. The quantitative estimate of drug-likeness (QED) is 0.653. The van der Waals surface area contributed by atoms with Gasteiger partial charge in [0.05, 0.1) is 10.2 Å². The number of benzene rings is 1. The van der Waals surface area contributed by atoms with Gasteiger partial charge in [-0.2, -0.15) is 0 Å². The summed E-state index contributed by atoms with van der Waals surface area (Å²) in [6, 6.07) is 3.78. The van der Waals surface area contributed by atoms with Gasteiger partial charge in [0.1, 0.15) is 5.75 Å². The Bertz CT molecular complexity index is 326. The van der Waals surface area contributed by atoms with Gasteiger partial charge in [0.25, 0.3) is 0 Å². The van der Waals surface area contributed by atoms with Crippen molar-refractivity contribution in [2.45, 2.75) is 19.6 Å². The van der Waals surface area contributed by atoms with Crippen LogP contribution in [-0.4, -0.2) is 8.32 Å². The summed E-state index contributed by atoms with van der Waals surface area (Å²) < 4.78 is 7.71. The number of hydrogen-bond acceptors (Lipinski definition) is 2. The Morgan fingerprint density at radius 1 is 1.21 bits per heavy atom. The SMILES string of the molecule is C[Si](C)(C)Oc1c(N)cc(Br)cc1Br. The smallest absolute Gasteiger partial charge is 0.242 e. The third-order valence-electron chi connectivity index (χ3n) is 1.45. The van der Waals surface area contributed by atoms with Crippen LogP contribution in [0, 0.1) is 0 Å². The molecule has 0 aliphatic carbocycles. The maximum atomic E-state index is 5.87. The fourth-order valence-corrected chi connectivity index (χ4v) is 3.32. The van der Waals surface area contributed by atoms with E-state index in [9.17, 15) is 0 Å². The van der Waals surface area contributed by atoms with Gasteiger partial charge in [0.15, 0.2) is 0 Å². The largest absolute Gasteiger partial charge is 0.542 e. The van der Waals surface area contributed by atoms with Gasteiger partial charge in [-0.05, 0) is 47.7 Å². The molecule has 14 heavy (non-hydrogen) atoms. The summed E-state index contributed by atoms with van der Waals surface area (Å²) in [6.07, 6.45) is 0. The van der Waals surface area contributed by atoms with Gasteiger partial charge in [-0.1, -0.05) is 15.9 Å². The highest BCUT2D eigenvalue weighted by Gasteiger charge is 2.19. The Hall–Kier alpha value is -0.00312. The molecule has 1 aromatic rings. The number of rotatable bonds is 2. The molecule has 0 bridgehead atoms. The van der Waals surface area contributed by atoms with Crippen LogP contribution in [0.1, 0.15) is 0 Å². The molecular weight excluding hydrogens is 326 g/mol. The normalized spacial score (nSPS) is 11.5. The van der Waals surface area contributed by atoms with Crippen LogP contribution in [0.4, 0.5) is 5.69 Å². The van der Waals surface area contributed by atoms with Crippen molar-refractivity contribution in [3.8, 4) is 5.75 Å². The first-order valence-corrected chi connectivity index (χ1v) is 9.22. The average molecular weight is 339 g/mol. The molecule has 2 N–H and O–H groups in total. The van der Waals surface area contributed by atoms with Crippen LogP contribution in [0.5, 0.6) is 5.75 Å². The second-order valence-electron chi connectivity index (χ2n) is 4.02. The van der Waals surface area contributed by atoms with Crippen molar-refractivity contribution in [3.05, 3.63) is 21.1 Å². The average Bonchev–Trinajstić information content (AvgIpc) is 1.95. The molecule has 2 nitrogen and oxygen atoms in total. The van der Waals surface area contributed by atoms with Crippen LogP contribution >= 0.6 is 31.9 Å². The summed E-state index contributed by atoms with van der Waals surface area (Å²) in [4.78, 5) is 0. The molecule has 0 amide bonds. The molecule has 0 unspecified atom stereocenters. The van der Waals surface area contributed by atoms with Crippen molar-refractivity contribution >= 4 is 45.9 Å². The van der Waals surface area contributed by atoms with Crippen LogP contribution in [0.3, 0.4) is 0 Å². The third kappa shape index (κ3) is 3.29. The van der Waals surface area contributed by atoms with Crippen molar-refractivity contribution in [1.29, 1.82) is 0 Å². The fourth-order valence-electron chi connectivity index (χ4n) is 0.994. The van der Waals surface area contributed by atoms with Crippen molar-refractivity contribution in [2.75, 3.05) is 5.73 Å². The molecule has 1 rings (SSSR count). The van der Waals surface area contributed by atoms with Gasteiger partial charge < -0.3 is 10.2 Å². The van der Waals surface area contributed by atoms with E-state index < -0.39 is 8.32 Å². The van der Waals surface area contributed by atoms with Crippen molar-refractivity contribution in [3.63, 3.8) is 0 Å². The van der Waals surface area contributed by atoms with E-state index in [0.717, 1.165) is 14.7 Å². The summed E-state index contributed by atoms with van der Waals surface area (Å²) in [7, 11) is -1.60. The Labute approximate surface area is 102 Å². The standard InChI is InChI=1S/C9H13Br2NOSi/c1-14(2,3)13-9-7(11)4-6(10)5-8(9)12/h4-5H,12H2,1-3H3. The molecular formula is C9H13Br2NOSi. The third-order valence-corrected chi connectivity index (χ3v) is 3.31. The first kappa shape index (κ1) is 12.1. The molecule has 0 aliphatic rings. The summed E-state index contributed by atoms with van der Waals surface area (Å²) >= 11 is 6.81. The van der Waals surface area contributed by atoms with Gasteiger partial charge in [-0.25, -0.2) is 0 Å². The Balaban J connectivity index is 3.09. The van der Waals surface area contributed by atoms with Gasteiger partial charge in [-0.3, -0.25) is 0 Å². The number of nitrogens with two attached hydrogens (primary N) is 1. The van der Waals surface area contributed by atoms with Crippen LogP contribution in [0.2, 0.25) is 19.6 Å². The van der Waals surface area contributed by atoms with Crippen molar-refractivity contribution in [2.24, 2.45) is 0 Å². The topological polar surface area (TPSA) is 35.2 Å². The molecule has 5 heteroatoms. The zero-order valence-corrected chi connectivity index (χ0v) is 12.6. The van der Waals surface area contributed by atoms with E-state index in [1.54, 1.807) is 0 Å². The van der Waals surface area contributed by atoms with E-state index in [1.807, 2.05) is 12.1 Å². The summed E-state index contributed by atoms with van der Waals surface area (Å²) in [5.41, 5.74) is 6.53. The zero-order valence-electron chi connectivity index (χ0n) is 8.40. The van der Waals surface area contributed by atoms with Crippen LogP contribution < -0.4 is 10.2 Å². The van der Waals surface area contributed by atoms with E-state index >= 15 is 0 Å². The Kier molecular flexibility index (Phi) is 3.66. The molecule has 0 aromatic heterocycles. The molecule has 0 fully saturated rings. The summed E-state index contributed by atoms with van der Waals surface area (Å²) in [6.45, 7) is 6.38. The van der Waals surface area contributed by atoms with E-state index in [-0.39, 0.29) is 0 Å². The predicted molar refractivity (Wildman–Crippen MR) is 70.2 cm³/mol. The molecule has 78 valence electrons. The van der Waals surface area contributed by atoms with E-state index in [0.29, 0.717) is 5.69 Å². The first-order chi connectivity index (χ1) is 6.29. The van der Waals surface area contributed by atoms with Crippen molar-refractivity contribution < 1.29 is 4.43 Å². The van der Waals surface area contributed by atoms with Gasteiger partial charge in [0.2, 0.25) is 8.32 Å². The minimum Gasteiger partial charge on any atom is -0.542 e. The molecule has 0 atom stereocenters. The van der Waals surface area contributed by atoms with Crippen LogP contribution in [0.25, 0.3) is 0 Å². The van der Waals surface area contributed by atoms with E-state index in [4.69, 9.17) is 10.2 Å². The molecule has 0 saturated carbocycles. The first-order valence-electron chi connectivity index (χ1n) is 4.23. The van der Waals surface area contributed by atoms with Crippen molar-refractivity contribution in [1.82, 2.24) is 0 Å². The highest BCUT2D eigenvalue weighted by molar-refractivity contribution is 9.11. The minimum absolute atomic E-state index is 0.661. The van der Waals surface area contributed by atoms with Gasteiger partial charge >= 0.3 is 0 Å². The van der Waals surface area contributed by atoms with E-state index in [2.05, 4.69) is 51.5 Å². The molecule has 0 spiro atoms. The van der Waals surface area contributed by atoms with Gasteiger partial charge in [0, 0.05) is 4.47 Å². The lowest BCUT2D eigenvalue weighted by atomic mass is 10.3. The van der Waals surface area contributed by atoms with Gasteiger partial charge in [-0.15, -0.1) is 0 Å². The lowest BCUT2D eigenvalue weighted by Crippen LogP contribution is -2.29. The number of anilines is 1. The minimum atomic E-state index is -1.60. The molecule has 0 radical (unpaired) electrons. The number of halogens is 2. The molecule has 0 heterocycles. The number of nitrogen functional groups attached to an aromatic ring is 1. The Morgan fingerprint density at radius 3 is 2.21 bits per heavy atom. The lowest BCUT2D eigenvalue weighted by Gasteiger charge is -2.21. The lowest BCUT2D eigenvalue weighted by molar-refractivity contribution is 0.556. The second kappa shape index (κ2) is 4.24. The number of hydrogen-bond donors (Lipinski definition) is 1. The molecule has 1 aromatic carbocycles. The predicted octanol–water partition coefficient (Wildman–Crippen LogP) is 4.01. The summed E-state index contributed by atoms with van der Waals surface area (Å²) in [5.74, 6) is 0.757. The monoisotopic (exact) mass is 337 g/mol. The molecule has 0 aliphatic heterocycles. The zero-order chi connectivity index (χ0) is 10.9. The molecule has 0 saturated heterocycles. The second-order valence-corrected chi connectivity index (χ2v) is 10.2. The van der Waals surface area contributed by atoms with Crippen LogP contribution in [0.15, 0.2) is 21.1 Å². The van der Waals surface area contributed by atoms with Crippen LogP contribution in [-0.2, 0) is 0 Å². The highest BCUT2D eigenvalue weighted by Crippen LogP contribution is 2.36. The fraction of sp³-hybridized carbons (Fsp3) is 0.333. The summed E-state index contributed by atoms with van der Waals surface area (Å²) in [5, 5.41) is 0. The highest BCUT2D eigenvalue weighted by atomic mass is 79.9. The Morgan fingerprint density at radius 2 is 1.79 bits per heavy atom. The maximum Gasteiger partial charge on any atom is 0.242 e. The van der Waals surface area contributed by atoms with E-state index in [1.165, 1.54) is 0 Å².